The van der Waals surface area contributed by atoms with Crippen LogP contribution in [0.5, 0.6) is 0 Å². The number of likely N-dealkylation sites (N-methyl/N-ethyl adjacent to an activating group) is 1. The summed E-state index contributed by atoms with van der Waals surface area (Å²) in [7, 11) is 1.77. The number of nitrogens with two attached hydrogens (primary N) is 1. The second-order valence-corrected chi connectivity index (χ2v) is 3.44. The van der Waals surface area contributed by atoms with Gasteiger partial charge in [0.2, 0.25) is 5.91 Å². The van der Waals surface area contributed by atoms with Crippen LogP contribution in [0.15, 0.2) is 4.63 Å². The van der Waals surface area contributed by atoms with Gasteiger partial charge >= 0.3 is 0 Å². The van der Waals surface area contributed by atoms with E-state index in [1.807, 2.05) is 0 Å². The van der Waals surface area contributed by atoms with Crippen molar-refractivity contribution in [3.63, 3.8) is 0 Å². The normalized spacial score (nSPS) is 10.3. The molecule has 0 aliphatic carbocycles. The molecule has 0 saturated carbocycles. The van der Waals surface area contributed by atoms with Gasteiger partial charge in [0, 0.05) is 13.6 Å². The summed E-state index contributed by atoms with van der Waals surface area (Å²) in [4.78, 5) is 13.3. The van der Waals surface area contributed by atoms with E-state index in [0.29, 0.717) is 5.69 Å². The van der Waals surface area contributed by atoms with Crippen LogP contribution in [-0.2, 0) is 11.2 Å². The first-order valence-corrected chi connectivity index (χ1v) is 4.96. The molecule has 15 heavy (non-hydrogen) atoms. The van der Waals surface area contributed by atoms with Crippen LogP contribution >= 0.6 is 0 Å². The number of amides is 1. The number of nitrogens with zero attached hydrogens (tertiary/aromatic N) is 3. The highest BCUT2D eigenvalue weighted by Crippen LogP contribution is 2.06. The van der Waals surface area contributed by atoms with Gasteiger partial charge in [0.05, 0.1) is 6.42 Å². The highest BCUT2D eigenvalue weighted by Gasteiger charge is 2.14. The summed E-state index contributed by atoms with van der Waals surface area (Å²) in [5, 5.41) is 6.97. The Hall–Kier alpha value is -1.59. The Bertz CT molecular complexity index is 324. The van der Waals surface area contributed by atoms with Crippen LogP contribution in [0.25, 0.3) is 0 Å². The summed E-state index contributed by atoms with van der Waals surface area (Å²) in [6.45, 7) is 2.83. The number of hydrogen-bond acceptors (Lipinski definition) is 5. The number of nitrogen functional groups attached to an aromatic ring is 1. The van der Waals surface area contributed by atoms with Crippen molar-refractivity contribution in [1.82, 2.24) is 15.2 Å². The Balaban J connectivity index is 2.45. The molecule has 0 fully saturated rings. The average Bonchev–Trinajstić information content (AvgIpc) is 2.61. The van der Waals surface area contributed by atoms with Crippen LogP contribution < -0.4 is 5.73 Å². The Morgan fingerprint density at radius 3 is 2.80 bits per heavy atom. The Morgan fingerprint density at radius 2 is 2.27 bits per heavy atom. The molecule has 0 aromatic carbocycles. The first-order chi connectivity index (χ1) is 7.15. The van der Waals surface area contributed by atoms with Gasteiger partial charge in [-0.05, 0) is 11.6 Å². The minimum atomic E-state index is -0.0224. The molecule has 0 bridgehead atoms. The van der Waals surface area contributed by atoms with Gasteiger partial charge in [-0.1, -0.05) is 18.5 Å². The molecule has 1 aromatic rings. The number of aromatic nitrogens is 2. The van der Waals surface area contributed by atoms with E-state index >= 15 is 0 Å². The summed E-state index contributed by atoms with van der Waals surface area (Å²) in [6, 6.07) is 0. The van der Waals surface area contributed by atoms with Crippen molar-refractivity contribution < 1.29 is 9.42 Å². The molecule has 0 aliphatic rings. The second-order valence-electron chi connectivity index (χ2n) is 3.44. The van der Waals surface area contributed by atoms with E-state index in [2.05, 4.69) is 21.9 Å². The average molecular weight is 212 g/mol. The number of carbonyl (C=O) groups excluding carboxylic acids is 1. The van der Waals surface area contributed by atoms with Crippen molar-refractivity contribution in [2.24, 2.45) is 0 Å². The van der Waals surface area contributed by atoms with E-state index in [1.165, 1.54) is 0 Å². The molecule has 0 radical (unpaired) electrons. The number of carbonyl (C=O) groups is 1. The lowest BCUT2D eigenvalue weighted by Crippen LogP contribution is -2.29. The van der Waals surface area contributed by atoms with Gasteiger partial charge in [-0.2, -0.15) is 0 Å². The molecule has 0 spiro atoms. The Morgan fingerprint density at radius 1 is 1.53 bits per heavy atom. The first kappa shape index (κ1) is 11.5. The SMILES string of the molecule is CCCCN(C)C(=O)Cc1nonc1N. The maximum Gasteiger partial charge on any atom is 0.228 e. The van der Waals surface area contributed by atoms with Crippen molar-refractivity contribution in [1.29, 1.82) is 0 Å². The van der Waals surface area contributed by atoms with Crippen molar-refractivity contribution in [2.45, 2.75) is 26.2 Å². The van der Waals surface area contributed by atoms with E-state index in [4.69, 9.17) is 5.73 Å². The highest BCUT2D eigenvalue weighted by molar-refractivity contribution is 5.79. The van der Waals surface area contributed by atoms with E-state index < -0.39 is 0 Å². The van der Waals surface area contributed by atoms with Crippen molar-refractivity contribution >= 4 is 11.7 Å². The van der Waals surface area contributed by atoms with Gasteiger partial charge in [0.1, 0.15) is 5.69 Å². The summed E-state index contributed by atoms with van der Waals surface area (Å²) in [5.41, 5.74) is 5.86. The predicted molar refractivity (Wildman–Crippen MR) is 55.0 cm³/mol. The summed E-state index contributed by atoms with van der Waals surface area (Å²) in [6.07, 6.45) is 2.20. The standard InChI is InChI=1S/C9H16N4O2/c1-3-4-5-13(2)8(14)6-7-9(10)12-15-11-7/h3-6H2,1-2H3,(H2,10,12). The summed E-state index contributed by atoms with van der Waals surface area (Å²) in [5.74, 6) is 0.165. The lowest BCUT2D eigenvalue weighted by molar-refractivity contribution is -0.129. The van der Waals surface area contributed by atoms with Gasteiger partial charge < -0.3 is 10.6 Å². The fourth-order valence-corrected chi connectivity index (χ4v) is 1.13. The first-order valence-electron chi connectivity index (χ1n) is 4.96. The molecule has 6 heteroatoms. The van der Waals surface area contributed by atoms with Gasteiger partial charge in [-0.25, -0.2) is 4.63 Å². The number of unbranched alkanes of at least 4 members (excludes halogenated alkanes) is 1. The van der Waals surface area contributed by atoms with Crippen molar-refractivity contribution in [3.05, 3.63) is 5.69 Å². The molecule has 0 atom stereocenters. The molecule has 0 aliphatic heterocycles. The third-order valence-electron chi connectivity index (χ3n) is 2.18. The van der Waals surface area contributed by atoms with Crippen LogP contribution in [0.1, 0.15) is 25.5 Å². The summed E-state index contributed by atoms with van der Waals surface area (Å²) >= 11 is 0. The van der Waals surface area contributed by atoms with Crippen LogP contribution in [-0.4, -0.2) is 34.7 Å². The van der Waals surface area contributed by atoms with Gasteiger partial charge in [-0.15, -0.1) is 0 Å². The zero-order valence-electron chi connectivity index (χ0n) is 9.06. The quantitative estimate of drug-likeness (QED) is 0.766. The molecule has 84 valence electrons. The molecular formula is C9H16N4O2. The summed E-state index contributed by atoms with van der Waals surface area (Å²) < 4.78 is 4.41. The van der Waals surface area contributed by atoms with E-state index in [0.717, 1.165) is 19.4 Å². The highest BCUT2D eigenvalue weighted by atomic mass is 16.6. The van der Waals surface area contributed by atoms with Crippen molar-refractivity contribution in [3.8, 4) is 0 Å². The second kappa shape index (κ2) is 5.33. The molecule has 1 rings (SSSR count). The van der Waals surface area contributed by atoms with Gasteiger partial charge in [0.25, 0.3) is 0 Å². The fraction of sp³-hybridized carbons (Fsp3) is 0.667. The van der Waals surface area contributed by atoms with Crippen LogP contribution in [0.4, 0.5) is 5.82 Å². The topological polar surface area (TPSA) is 85.2 Å². The smallest absolute Gasteiger partial charge is 0.228 e. The van der Waals surface area contributed by atoms with Crippen LogP contribution in [0, 0.1) is 0 Å². The van der Waals surface area contributed by atoms with E-state index in [-0.39, 0.29) is 18.1 Å². The van der Waals surface area contributed by atoms with Crippen LogP contribution in [0.3, 0.4) is 0 Å². The monoisotopic (exact) mass is 212 g/mol. The fourth-order valence-electron chi connectivity index (χ4n) is 1.13. The third kappa shape index (κ3) is 3.23. The molecule has 2 N–H and O–H groups in total. The molecule has 1 amide bonds. The molecule has 0 saturated heterocycles. The van der Waals surface area contributed by atoms with Crippen LogP contribution in [0.2, 0.25) is 0 Å². The zero-order chi connectivity index (χ0) is 11.3. The Kier molecular flexibility index (Phi) is 4.08. The molecule has 1 heterocycles. The third-order valence-corrected chi connectivity index (χ3v) is 2.18. The lowest BCUT2D eigenvalue weighted by Gasteiger charge is -2.15. The van der Waals surface area contributed by atoms with E-state index in [1.54, 1.807) is 11.9 Å². The minimum absolute atomic E-state index is 0.0224. The largest absolute Gasteiger partial charge is 0.379 e. The molecular weight excluding hydrogens is 196 g/mol. The Labute approximate surface area is 88.4 Å². The maximum absolute atomic E-state index is 11.6. The van der Waals surface area contributed by atoms with Gasteiger partial charge in [-0.3, -0.25) is 4.79 Å². The maximum atomic E-state index is 11.6. The van der Waals surface area contributed by atoms with E-state index in [9.17, 15) is 4.79 Å². The predicted octanol–water partition coefficient (Wildman–Crippen LogP) is 0.453. The lowest BCUT2D eigenvalue weighted by atomic mass is 10.2. The zero-order valence-corrected chi connectivity index (χ0v) is 9.06. The minimum Gasteiger partial charge on any atom is -0.379 e. The molecule has 0 unspecified atom stereocenters. The number of rotatable bonds is 5. The van der Waals surface area contributed by atoms with Gasteiger partial charge in [0.15, 0.2) is 5.82 Å². The molecule has 1 aromatic heterocycles. The number of hydrogen-bond donors (Lipinski definition) is 1. The van der Waals surface area contributed by atoms with Crippen molar-refractivity contribution in [2.75, 3.05) is 19.3 Å². The number of anilines is 1. The molecule has 6 nitrogen and oxygen atoms in total.